The highest BCUT2D eigenvalue weighted by atomic mass is 79.9. The van der Waals surface area contributed by atoms with E-state index in [1.165, 1.54) is 0 Å². The maximum atomic E-state index is 3.42. The lowest BCUT2D eigenvalue weighted by Gasteiger charge is -2.16. The van der Waals surface area contributed by atoms with E-state index in [2.05, 4.69) is 40.3 Å². The first-order valence-corrected chi connectivity index (χ1v) is 3.76. The van der Waals surface area contributed by atoms with E-state index in [0.717, 1.165) is 6.54 Å². The minimum atomic E-state index is 0.402. The minimum Gasteiger partial charge on any atom is -0.301 e. The van der Waals surface area contributed by atoms with E-state index >= 15 is 0 Å². The molecule has 46 valence electrons. The Labute approximate surface area is 58.3 Å². The predicted molar refractivity (Wildman–Crippen MR) is 39.0 cm³/mol. The number of hydrogen-bond donors (Lipinski definition) is 1. The molecule has 1 heterocycles. The molecule has 0 saturated carbocycles. The van der Waals surface area contributed by atoms with Crippen LogP contribution in [0.15, 0.2) is 12.2 Å². The summed E-state index contributed by atoms with van der Waals surface area (Å²) in [6.07, 6.45) is 4.35. The van der Waals surface area contributed by atoms with E-state index in [4.69, 9.17) is 0 Å². The van der Waals surface area contributed by atoms with Crippen LogP contribution < -0.4 is 5.32 Å². The molecule has 0 bridgehead atoms. The van der Waals surface area contributed by atoms with Crippen molar-refractivity contribution in [2.24, 2.45) is 5.92 Å². The van der Waals surface area contributed by atoms with Crippen LogP contribution >= 0.6 is 15.9 Å². The van der Waals surface area contributed by atoms with Crippen molar-refractivity contribution in [2.45, 2.75) is 11.9 Å². The first-order valence-electron chi connectivity index (χ1n) is 2.85. The van der Waals surface area contributed by atoms with Gasteiger partial charge in [0.25, 0.3) is 0 Å². The molecular formula is C6H10BrN. The Morgan fingerprint density at radius 1 is 1.62 bits per heavy atom. The van der Waals surface area contributed by atoms with Crippen LogP contribution in [-0.4, -0.2) is 11.5 Å². The fraction of sp³-hybridized carbons (Fsp3) is 0.667. The summed E-state index contributed by atoms with van der Waals surface area (Å²) >= 11 is 3.42. The Hall–Kier alpha value is 0.180. The smallest absolute Gasteiger partial charge is 0.0816 e. The van der Waals surface area contributed by atoms with Gasteiger partial charge in [-0.2, -0.15) is 0 Å². The molecule has 0 aromatic rings. The molecule has 1 nitrogen and oxygen atoms in total. The first-order chi connectivity index (χ1) is 3.79. The van der Waals surface area contributed by atoms with E-state index in [-0.39, 0.29) is 0 Å². The summed E-state index contributed by atoms with van der Waals surface area (Å²) < 4.78 is 0. The van der Waals surface area contributed by atoms with Gasteiger partial charge in [-0.1, -0.05) is 35.0 Å². The first kappa shape index (κ1) is 6.30. The van der Waals surface area contributed by atoms with Crippen LogP contribution in [0.5, 0.6) is 0 Å². The molecule has 0 amide bonds. The lowest BCUT2D eigenvalue weighted by molar-refractivity contribution is 0.585. The fourth-order valence-electron chi connectivity index (χ4n) is 0.722. The van der Waals surface area contributed by atoms with Gasteiger partial charge in [-0.3, -0.25) is 0 Å². The molecule has 2 unspecified atom stereocenters. The van der Waals surface area contributed by atoms with Crippen LogP contribution in [0.25, 0.3) is 0 Å². The van der Waals surface area contributed by atoms with Gasteiger partial charge >= 0.3 is 0 Å². The molecule has 0 aromatic carbocycles. The zero-order chi connectivity index (χ0) is 5.98. The summed E-state index contributed by atoms with van der Waals surface area (Å²) in [5.74, 6) is 0.698. The lowest BCUT2D eigenvalue weighted by Crippen LogP contribution is -2.29. The number of halogens is 1. The number of alkyl halides is 1. The second-order valence-corrected chi connectivity index (χ2v) is 3.16. The van der Waals surface area contributed by atoms with Crippen LogP contribution in [0.1, 0.15) is 6.92 Å². The molecule has 1 N–H and O–H groups in total. The Morgan fingerprint density at radius 2 is 2.38 bits per heavy atom. The summed E-state index contributed by atoms with van der Waals surface area (Å²) in [5.41, 5.74) is 0. The topological polar surface area (TPSA) is 12.0 Å². The van der Waals surface area contributed by atoms with Crippen molar-refractivity contribution < 1.29 is 0 Å². The number of hydrogen-bond acceptors (Lipinski definition) is 1. The quantitative estimate of drug-likeness (QED) is 0.335. The summed E-state index contributed by atoms with van der Waals surface area (Å²) in [5, 5.41) is 3.26. The summed E-state index contributed by atoms with van der Waals surface area (Å²) in [6, 6.07) is 0. The second-order valence-electron chi connectivity index (χ2n) is 2.17. The largest absolute Gasteiger partial charge is 0.301 e. The predicted octanol–water partition coefficient (Wildman–Crippen LogP) is 1.50. The molecule has 1 aliphatic heterocycles. The molecule has 0 aliphatic carbocycles. The maximum absolute atomic E-state index is 3.42. The molecule has 0 fully saturated rings. The van der Waals surface area contributed by atoms with E-state index in [1.54, 1.807) is 0 Å². The Morgan fingerprint density at radius 3 is 2.75 bits per heavy atom. The SMILES string of the molecule is CC1C=CC(Br)NC1. The van der Waals surface area contributed by atoms with Crippen LogP contribution in [0.2, 0.25) is 0 Å². The minimum absolute atomic E-state index is 0.402. The third-order valence-electron chi connectivity index (χ3n) is 1.24. The fourth-order valence-corrected chi connectivity index (χ4v) is 1.08. The van der Waals surface area contributed by atoms with Gasteiger partial charge in [0.15, 0.2) is 0 Å². The molecule has 1 aliphatic rings. The lowest BCUT2D eigenvalue weighted by atomic mass is 10.1. The number of nitrogens with one attached hydrogen (secondary N) is 1. The molecule has 1 rings (SSSR count). The van der Waals surface area contributed by atoms with Crippen molar-refractivity contribution >= 4 is 15.9 Å². The van der Waals surface area contributed by atoms with E-state index in [0.29, 0.717) is 10.9 Å². The van der Waals surface area contributed by atoms with E-state index in [1.807, 2.05) is 0 Å². The van der Waals surface area contributed by atoms with Crippen LogP contribution in [-0.2, 0) is 0 Å². The molecule has 0 spiro atoms. The monoisotopic (exact) mass is 175 g/mol. The highest BCUT2D eigenvalue weighted by Crippen LogP contribution is 2.07. The molecule has 2 atom stereocenters. The van der Waals surface area contributed by atoms with E-state index < -0.39 is 0 Å². The zero-order valence-corrected chi connectivity index (χ0v) is 6.48. The zero-order valence-electron chi connectivity index (χ0n) is 4.89. The van der Waals surface area contributed by atoms with Gasteiger partial charge in [0.2, 0.25) is 0 Å². The molecule has 2 heteroatoms. The van der Waals surface area contributed by atoms with E-state index in [9.17, 15) is 0 Å². The molecule has 0 saturated heterocycles. The van der Waals surface area contributed by atoms with Crippen LogP contribution in [0.3, 0.4) is 0 Å². The van der Waals surface area contributed by atoms with Gasteiger partial charge in [-0.15, -0.1) is 0 Å². The molecule has 0 radical (unpaired) electrons. The highest BCUT2D eigenvalue weighted by Gasteiger charge is 2.06. The van der Waals surface area contributed by atoms with Crippen molar-refractivity contribution in [3.63, 3.8) is 0 Å². The Bertz CT molecular complexity index is 88.7. The van der Waals surface area contributed by atoms with Crippen molar-refractivity contribution in [3.8, 4) is 0 Å². The Balaban J connectivity index is 2.42. The second kappa shape index (κ2) is 2.65. The molecule has 8 heavy (non-hydrogen) atoms. The molecular weight excluding hydrogens is 166 g/mol. The van der Waals surface area contributed by atoms with Gasteiger partial charge in [0.1, 0.15) is 0 Å². The maximum Gasteiger partial charge on any atom is 0.0816 e. The average Bonchev–Trinajstić information content (AvgIpc) is 1.77. The van der Waals surface area contributed by atoms with Gasteiger partial charge in [0, 0.05) is 6.54 Å². The average molecular weight is 176 g/mol. The van der Waals surface area contributed by atoms with Crippen molar-refractivity contribution in [1.82, 2.24) is 5.32 Å². The van der Waals surface area contributed by atoms with Crippen molar-refractivity contribution in [1.29, 1.82) is 0 Å². The summed E-state index contributed by atoms with van der Waals surface area (Å²) in [4.78, 5) is 0.402. The van der Waals surface area contributed by atoms with Gasteiger partial charge < -0.3 is 5.32 Å². The van der Waals surface area contributed by atoms with Gasteiger partial charge in [-0.05, 0) is 5.92 Å². The highest BCUT2D eigenvalue weighted by molar-refractivity contribution is 9.09. The normalized spacial score (nSPS) is 37.8. The summed E-state index contributed by atoms with van der Waals surface area (Å²) in [7, 11) is 0. The number of rotatable bonds is 0. The third kappa shape index (κ3) is 1.60. The van der Waals surface area contributed by atoms with Crippen molar-refractivity contribution in [3.05, 3.63) is 12.2 Å². The molecule has 0 aromatic heterocycles. The van der Waals surface area contributed by atoms with Gasteiger partial charge in [-0.25, -0.2) is 0 Å². The Kier molecular flexibility index (Phi) is 2.08. The van der Waals surface area contributed by atoms with Gasteiger partial charge in [0.05, 0.1) is 4.95 Å². The van der Waals surface area contributed by atoms with Crippen molar-refractivity contribution in [2.75, 3.05) is 6.54 Å². The standard InChI is InChI=1S/C6H10BrN/c1-5-2-3-6(7)8-4-5/h2-3,5-6,8H,4H2,1H3. The summed E-state index contributed by atoms with van der Waals surface area (Å²) in [6.45, 7) is 3.29. The third-order valence-corrected chi connectivity index (χ3v) is 1.87. The van der Waals surface area contributed by atoms with Crippen LogP contribution in [0, 0.1) is 5.92 Å². The van der Waals surface area contributed by atoms with Crippen LogP contribution in [0.4, 0.5) is 0 Å².